The highest BCUT2D eigenvalue weighted by Crippen LogP contribution is 2.24. The third-order valence-corrected chi connectivity index (χ3v) is 2.83. The predicted molar refractivity (Wildman–Crippen MR) is 60.6 cm³/mol. The fourth-order valence-corrected chi connectivity index (χ4v) is 1.78. The number of allylic oxidation sites excluding steroid dienone is 1. The second kappa shape index (κ2) is 4.93. The van der Waals surface area contributed by atoms with Gasteiger partial charge in [0, 0.05) is 26.4 Å². The number of ketones is 1. The molecule has 1 aromatic heterocycles. The first-order chi connectivity index (χ1) is 7.04. The van der Waals surface area contributed by atoms with Gasteiger partial charge in [0.15, 0.2) is 5.78 Å². The number of thiazole rings is 1. The van der Waals surface area contributed by atoms with Gasteiger partial charge >= 0.3 is 0 Å². The van der Waals surface area contributed by atoms with Crippen LogP contribution in [-0.4, -0.2) is 36.9 Å². The van der Waals surface area contributed by atoms with Crippen molar-refractivity contribution in [1.82, 2.24) is 9.88 Å². The minimum absolute atomic E-state index is 0.0398. The van der Waals surface area contributed by atoms with Crippen LogP contribution >= 0.6 is 11.3 Å². The van der Waals surface area contributed by atoms with E-state index in [-0.39, 0.29) is 5.78 Å². The third kappa shape index (κ3) is 3.06. The summed E-state index contributed by atoms with van der Waals surface area (Å²) >= 11 is 1.27. The maximum atomic E-state index is 11.7. The van der Waals surface area contributed by atoms with Gasteiger partial charge in [-0.1, -0.05) is 11.3 Å². The van der Waals surface area contributed by atoms with E-state index in [0.717, 1.165) is 0 Å². The lowest BCUT2D eigenvalue weighted by atomic mass is 10.3. The van der Waals surface area contributed by atoms with E-state index in [1.54, 1.807) is 20.2 Å². The molecule has 1 heterocycles. The number of hydrogen-bond donors (Lipinski definition) is 0. The molecule has 0 aliphatic rings. The number of aryl methyl sites for hydroxylation is 1. The summed E-state index contributed by atoms with van der Waals surface area (Å²) in [6.45, 7) is 1.80. The maximum absolute atomic E-state index is 11.7. The highest BCUT2D eigenvalue weighted by molar-refractivity contribution is 7.15. The van der Waals surface area contributed by atoms with Crippen molar-refractivity contribution in [3.8, 4) is 5.19 Å². The Bertz CT molecular complexity index is 383. The van der Waals surface area contributed by atoms with Crippen molar-refractivity contribution in [3.05, 3.63) is 22.8 Å². The van der Waals surface area contributed by atoms with Crippen LogP contribution in [0.3, 0.4) is 0 Å². The van der Waals surface area contributed by atoms with Crippen LogP contribution in [0.25, 0.3) is 0 Å². The van der Waals surface area contributed by atoms with Crippen LogP contribution in [0.1, 0.15) is 15.4 Å². The number of ether oxygens (including phenoxy) is 1. The minimum atomic E-state index is -0.0398. The van der Waals surface area contributed by atoms with Gasteiger partial charge in [-0.15, -0.1) is 0 Å². The number of methoxy groups -OCH3 is 1. The lowest BCUT2D eigenvalue weighted by molar-refractivity contribution is 0.104. The molecule has 0 bridgehead atoms. The molecule has 15 heavy (non-hydrogen) atoms. The summed E-state index contributed by atoms with van der Waals surface area (Å²) in [5.41, 5.74) is 0.713. The highest BCUT2D eigenvalue weighted by Gasteiger charge is 2.13. The second-order valence-corrected chi connectivity index (χ2v) is 4.20. The van der Waals surface area contributed by atoms with Crippen molar-refractivity contribution in [2.24, 2.45) is 0 Å². The van der Waals surface area contributed by atoms with Gasteiger partial charge in [-0.3, -0.25) is 4.79 Å². The molecule has 0 radical (unpaired) electrons. The molecule has 1 rings (SSSR count). The minimum Gasteiger partial charge on any atom is -0.473 e. The number of carbonyl (C=O) groups excluding carboxylic acids is 1. The Kier molecular flexibility index (Phi) is 3.85. The van der Waals surface area contributed by atoms with E-state index in [1.165, 1.54) is 17.4 Å². The first kappa shape index (κ1) is 11.7. The summed E-state index contributed by atoms with van der Waals surface area (Å²) in [4.78, 5) is 18.2. The molecule has 0 amide bonds. The van der Waals surface area contributed by atoms with E-state index in [1.807, 2.05) is 19.0 Å². The average Bonchev–Trinajstić information content (AvgIpc) is 2.56. The van der Waals surface area contributed by atoms with Gasteiger partial charge in [-0.2, -0.15) is 0 Å². The van der Waals surface area contributed by atoms with E-state index in [2.05, 4.69) is 4.98 Å². The molecule has 0 saturated heterocycles. The zero-order valence-electron chi connectivity index (χ0n) is 9.27. The van der Waals surface area contributed by atoms with Gasteiger partial charge in [0.25, 0.3) is 5.19 Å². The Morgan fingerprint density at radius 3 is 2.67 bits per heavy atom. The topological polar surface area (TPSA) is 42.4 Å². The second-order valence-electron chi connectivity index (χ2n) is 3.24. The maximum Gasteiger partial charge on any atom is 0.273 e. The SMILES string of the molecule is COc1nc(C)c(C(=O)/C=C/N(C)C)s1. The largest absolute Gasteiger partial charge is 0.473 e. The predicted octanol–water partition coefficient (Wildman–Crippen LogP) is 1.72. The van der Waals surface area contributed by atoms with Crippen LogP contribution in [-0.2, 0) is 0 Å². The van der Waals surface area contributed by atoms with Gasteiger partial charge in [0.1, 0.15) is 4.88 Å². The molecule has 0 atom stereocenters. The van der Waals surface area contributed by atoms with Crippen LogP contribution in [0.15, 0.2) is 12.3 Å². The van der Waals surface area contributed by atoms with Crippen LogP contribution in [0, 0.1) is 6.92 Å². The van der Waals surface area contributed by atoms with Crippen molar-refractivity contribution in [3.63, 3.8) is 0 Å². The molecular weight excluding hydrogens is 212 g/mol. The Balaban J connectivity index is 2.86. The fourth-order valence-electron chi connectivity index (χ4n) is 0.980. The molecule has 0 aliphatic carbocycles. The van der Waals surface area contributed by atoms with E-state index in [0.29, 0.717) is 15.8 Å². The summed E-state index contributed by atoms with van der Waals surface area (Å²) in [7, 11) is 5.27. The van der Waals surface area contributed by atoms with Crippen molar-refractivity contribution in [1.29, 1.82) is 0 Å². The van der Waals surface area contributed by atoms with Crippen LogP contribution in [0.5, 0.6) is 5.19 Å². The third-order valence-electron chi connectivity index (χ3n) is 1.70. The Morgan fingerprint density at radius 2 is 2.20 bits per heavy atom. The Labute approximate surface area is 93.2 Å². The highest BCUT2D eigenvalue weighted by atomic mass is 32.1. The van der Waals surface area contributed by atoms with E-state index in [9.17, 15) is 4.79 Å². The molecule has 4 nitrogen and oxygen atoms in total. The molecule has 0 aliphatic heterocycles. The van der Waals surface area contributed by atoms with Crippen LogP contribution in [0.2, 0.25) is 0 Å². The number of carbonyl (C=O) groups is 1. The lowest BCUT2D eigenvalue weighted by Gasteiger charge is -2.01. The van der Waals surface area contributed by atoms with Crippen molar-refractivity contribution in [2.75, 3.05) is 21.2 Å². The molecule has 0 aromatic carbocycles. The van der Waals surface area contributed by atoms with Gasteiger partial charge in [-0.25, -0.2) is 4.98 Å². The van der Waals surface area contributed by atoms with Gasteiger partial charge in [0.2, 0.25) is 0 Å². The first-order valence-electron chi connectivity index (χ1n) is 4.45. The molecule has 0 fully saturated rings. The summed E-state index contributed by atoms with van der Waals surface area (Å²) in [5, 5.41) is 0.522. The number of aromatic nitrogens is 1. The van der Waals surface area contributed by atoms with E-state index >= 15 is 0 Å². The fraction of sp³-hybridized carbons (Fsp3) is 0.400. The quantitative estimate of drug-likeness (QED) is 0.579. The molecule has 5 heteroatoms. The van der Waals surface area contributed by atoms with E-state index < -0.39 is 0 Å². The number of rotatable bonds is 4. The summed E-state index contributed by atoms with van der Waals surface area (Å²) < 4.78 is 4.97. The zero-order valence-corrected chi connectivity index (χ0v) is 10.1. The summed E-state index contributed by atoms with van der Waals surface area (Å²) in [6.07, 6.45) is 3.24. The molecule has 0 N–H and O–H groups in total. The molecule has 82 valence electrons. The number of nitrogens with zero attached hydrogens (tertiary/aromatic N) is 2. The van der Waals surface area contributed by atoms with Crippen LogP contribution in [0.4, 0.5) is 0 Å². The average molecular weight is 226 g/mol. The van der Waals surface area contributed by atoms with Gasteiger partial charge in [-0.05, 0) is 6.92 Å². The van der Waals surface area contributed by atoms with Crippen LogP contribution < -0.4 is 4.74 Å². The number of hydrogen-bond acceptors (Lipinski definition) is 5. The van der Waals surface area contributed by atoms with Crippen molar-refractivity contribution < 1.29 is 9.53 Å². The first-order valence-corrected chi connectivity index (χ1v) is 5.26. The normalized spacial score (nSPS) is 10.7. The smallest absolute Gasteiger partial charge is 0.273 e. The Morgan fingerprint density at radius 1 is 1.53 bits per heavy atom. The summed E-state index contributed by atoms with van der Waals surface area (Å²) in [6, 6.07) is 0. The molecular formula is C10H14N2O2S. The molecule has 0 spiro atoms. The van der Waals surface area contributed by atoms with Gasteiger partial charge in [0.05, 0.1) is 12.8 Å². The Hall–Kier alpha value is -1.36. The zero-order chi connectivity index (χ0) is 11.4. The molecule has 1 aromatic rings. The lowest BCUT2D eigenvalue weighted by Crippen LogP contribution is -2.02. The molecule has 0 saturated carbocycles. The molecule has 0 unspecified atom stereocenters. The van der Waals surface area contributed by atoms with E-state index in [4.69, 9.17) is 4.74 Å². The van der Waals surface area contributed by atoms with Crippen molar-refractivity contribution in [2.45, 2.75) is 6.92 Å². The van der Waals surface area contributed by atoms with Gasteiger partial charge < -0.3 is 9.64 Å². The van der Waals surface area contributed by atoms with Crippen molar-refractivity contribution >= 4 is 17.1 Å². The monoisotopic (exact) mass is 226 g/mol. The summed E-state index contributed by atoms with van der Waals surface area (Å²) in [5.74, 6) is -0.0398. The standard InChI is InChI=1S/C10H14N2O2S/c1-7-9(15-10(11-7)14-4)8(13)5-6-12(2)3/h5-6H,1-4H3/b6-5+.